The van der Waals surface area contributed by atoms with Gasteiger partial charge in [0.15, 0.2) is 5.82 Å². The number of aliphatic hydroxyl groups is 1. The highest BCUT2D eigenvalue weighted by molar-refractivity contribution is 7.13. The molecule has 0 unspecified atom stereocenters. The number of ether oxygens (including phenoxy) is 2. The first-order chi connectivity index (χ1) is 38.2. The quantitative estimate of drug-likeness (QED) is 0.0635. The van der Waals surface area contributed by atoms with Crippen molar-refractivity contribution in [1.82, 2.24) is 40.3 Å². The second-order valence-electron chi connectivity index (χ2n) is 22.5. The van der Waals surface area contributed by atoms with Gasteiger partial charge in [0.1, 0.15) is 41.9 Å². The number of piperazine rings is 1. The lowest BCUT2D eigenvalue weighted by Gasteiger charge is -2.36. The van der Waals surface area contributed by atoms with E-state index in [1.807, 2.05) is 101 Å². The lowest BCUT2D eigenvalue weighted by molar-refractivity contribution is -0.144. The van der Waals surface area contributed by atoms with Gasteiger partial charge in [-0.15, -0.1) is 11.3 Å². The number of hydrogen-bond donors (Lipinski definition) is 4. The molecule has 0 aliphatic carbocycles. The van der Waals surface area contributed by atoms with Gasteiger partial charge < -0.3 is 45.0 Å². The van der Waals surface area contributed by atoms with E-state index in [-0.39, 0.29) is 71.2 Å². The third kappa shape index (κ3) is 12.9. The molecule has 3 aliphatic heterocycles. The summed E-state index contributed by atoms with van der Waals surface area (Å²) in [7, 11) is 0. The zero-order valence-electron chi connectivity index (χ0n) is 46.4. The number of carbonyl (C=O) groups is 4. The molecular weight excluding hydrogens is 1060 g/mol. The van der Waals surface area contributed by atoms with E-state index < -0.39 is 47.3 Å². The summed E-state index contributed by atoms with van der Waals surface area (Å²) in [6.07, 6.45) is 1.64. The Bertz CT molecular complexity index is 3280. The van der Waals surface area contributed by atoms with Gasteiger partial charge in [-0.05, 0) is 122 Å². The number of β-amino-alcohol motifs (C(OH)–C–C–N with tert-alkyl or cyclic N) is 1. The molecule has 5 atom stereocenters. The van der Waals surface area contributed by atoms with Crippen LogP contribution in [0.5, 0.6) is 11.8 Å². The number of aliphatic hydroxyl groups excluding tert-OH is 1. The Balaban J connectivity index is 0.796. The topological polar surface area (TPSA) is 203 Å². The number of anilines is 1. The van der Waals surface area contributed by atoms with Gasteiger partial charge in [-0.1, -0.05) is 81.4 Å². The fourth-order valence-corrected chi connectivity index (χ4v) is 12.3. The Morgan fingerprint density at radius 1 is 0.975 bits per heavy atom. The summed E-state index contributed by atoms with van der Waals surface area (Å²) in [6, 6.07) is 16.1. The Hall–Kier alpha value is -6.77. The van der Waals surface area contributed by atoms with Gasteiger partial charge >= 0.3 is 6.01 Å². The molecule has 3 saturated heterocycles. The van der Waals surface area contributed by atoms with E-state index in [0.29, 0.717) is 56.1 Å². The molecule has 0 bridgehead atoms. The molecule has 20 heteroatoms. The normalized spacial score (nSPS) is 18.6. The molecular formula is C60H71ClFN9O8S. The Morgan fingerprint density at radius 2 is 1.70 bits per heavy atom. The zero-order chi connectivity index (χ0) is 57.2. The van der Waals surface area contributed by atoms with Crippen molar-refractivity contribution < 1.29 is 43.3 Å². The number of carbonyl (C=O) groups excluding carboxylic acids is 4. The Morgan fingerprint density at radius 3 is 2.38 bits per heavy atom. The SMILES string of the molecule is C=CC(=O)N1CCN(c2nc(O[C@H](C)CN3CCC(COCC(=O)N[C@H](C(=O)N4C[C@H](O)C[C@H]4C(=O)N[C@@H](C)c4ccc(-c5scnc5C)cc4)C(C)(C)C)CC3)nc3c(F)c(-c4cc(O)cc5cccc(C)c45)c(Cl)cc23)CC1. The number of benzene rings is 4. The predicted octanol–water partition coefficient (Wildman–Crippen LogP) is 8.39. The number of likely N-dealkylation sites (tertiary alicyclic amines) is 2. The van der Waals surface area contributed by atoms with Crippen LogP contribution in [0.2, 0.25) is 5.02 Å². The number of phenolic OH excluding ortho intramolecular Hbond substituents is 1. The smallest absolute Gasteiger partial charge is 0.319 e. The predicted molar refractivity (Wildman–Crippen MR) is 309 cm³/mol. The third-order valence-electron chi connectivity index (χ3n) is 15.5. The van der Waals surface area contributed by atoms with Gasteiger partial charge in [0.05, 0.1) is 39.9 Å². The molecule has 80 heavy (non-hydrogen) atoms. The van der Waals surface area contributed by atoms with Gasteiger partial charge in [0, 0.05) is 56.6 Å². The molecule has 3 fully saturated rings. The first kappa shape index (κ1) is 57.9. The van der Waals surface area contributed by atoms with E-state index in [2.05, 4.69) is 32.1 Å². The molecule has 4 aromatic carbocycles. The highest BCUT2D eigenvalue weighted by Gasteiger charge is 2.45. The first-order valence-corrected chi connectivity index (χ1v) is 28.6. The lowest BCUT2D eigenvalue weighted by Crippen LogP contribution is -2.58. The molecule has 0 radical (unpaired) electrons. The maximum Gasteiger partial charge on any atom is 0.319 e. The van der Waals surface area contributed by atoms with Crippen LogP contribution in [0.4, 0.5) is 10.2 Å². The maximum atomic E-state index is 17.3. The summed E-state index contributed by atoms with van der Waals surface area (Å²) in [5.41, 5.74) is 5.37. The lowest BCUT2D eigenvalue weighted by atomic mass is 9.85. The molecule has 9 rings (SSSR count). The van der Waals surface area contributed by atoms with Gasteiger partial charge in [-0.3, -0.25) is 24.1 Å². The number of fused-ring (bicyclic) bond motifs is 2. The molecule has 0 saturated carbocycles. The number of halogens is 2. The zero-order valence-corrected chi connectivity index (χ0v) is 48.0. The van der Waals surface area contributed by atoms with Crippen LogP contribution in [-0.2, 0) is 23.9 Å². The molecule has 2 aromatic heterocycles. The second-order valence-corrected chi connectivity index (χ2v) is 23.8. The van der Waals surface area contributed by atoms with E-state index in [1.54, 1.807) is 28.4 Å². The summed E-state index contributed by atoms with van der Waals surface area (Å²) in [6.45, 7) is 20.5. The molecule has 3 aliphatic rings. The number of aryl methyl sites for hydroxylation is 2. The number of thiazole rings is 1. The average Bonchev–Trinajstić information content (AvgIpc) is 4.18. The monoisotopic (exact) mass is 1130 g/mol. The Kier molecular flexibility index (Phi) is 17.8. The summed E-state index contributed by atoms with van der Waals surface area (Å²) < 4.78 is 29.7. The van der Waals surface area contributed by atoms with Gasteiger partial charge in [0.2, 0.25) is 23.6 Å². The second kappa shape index (κ2) is 24.5. The van der Waals surface area contributed by atoms with Crippen LogP contribution in [0.15, 0.2) is 78.8 Å². The first-order valence-electron chi connectivity index (χ1n) is 27.3. The summed E-state index contributed by atoms with van der Waals surface area (Å²) in [5.74, 6) is -1.58. The maximum absolute atomic E-state index is 17.3. The van der Waals surface area contributed by atoms with E-state index in [1.165, 1.54) is 17.0 Å². The van der Waals surface area contributed by atoms with Crippen LogP contribution in [0, 0.1) is 31.0 Å². The van der Waals surface area contributed by atoms with Crippen LogP contribution < -0.4 is 20.3 Å². The highest BCUT2D eigenvalue weighted by atomic mass is 35.5. The van der Waals surface area contributed by atoms with Crippen LogP contribution in [-0.4, -0.2) is 153 Å². The van der Waals surface area contributed by atoms with Gasteiger partial charge in [-0.25, -0.2) is 9.37 Å². The molecule has 0 spiro atoms. The fourth-order valence-electron chi connectivity index (χ4n) is 11.2. The number of rotatable bonds is 17. The van der Waals surface area contributed by atoms with E-state index in [9.17, 15) is 29.4 Å². The van der Waals surface area contributed by atoms with Crippen LogP contribution in [0.1, 0.15) is 76.7 Å². The van der Waals surface area contributed by atoms with Crippen molar-refractivity contribution in [2.75, 3.05) is 70.5 Å². The number of hydrogen-bond acceptors (Lipinski definition) is 14. The van der Waals surface area contributed by atoms with Crippen molar-refractivity contribution in [3.8, 4) is 33.3 Å². The van der Waals surface area contributed by atoms with Crippen molar-refractivity contribution in [3.63, 3.8) is 0 Å². The Labute approximate surface area is 475 Å². The van der Waals surface area contributed by atoms with Crippen LogP contribution in [0.3, 0.4) is 0 Å². The number of aromatic nitrogens is 3. The average molecular weight is 1130 g/mol. The highest BCUT2D eigenvalue weighted by Crippen LogP contribution is 2.44. The minimum absolute atomic E-state index is 0.00739. The number of piperidine rings is 1. The van der Waals surface area contributed by atoms with E-state index in [0.717, 1.165) is 64.0 Å². The van der Waals surface area contributed by atoms with Crippen LogP contribution >= 0.6 is 22.9 Å². The van der Waals surface area contributed by atoms with Crippen molar-refractivity contribution in [1.29, 1.82) is 0 Å². The summed E-state index contributed by atoms with van der Waals surface area (Å²) >= 11 is 8.56. The van der Waals surface area contributed by atoms with Crippen molar-refractivity contribution in [3.05, 3.63) is 106 Å². The standard InChI is InChI=1S/C60H71ClFN9O8S/c1-9-49(75)69-21-23-70(24-22-69)56-45-28-46(61)51(44-26-42(72)25-41-12-10-11-34(2)50(41)44)52(62)53(45)66-59(67-56)79-35(3)29-68-19-17-38(18-20-68)31-78-32-48(74)65-55(60(6,7)8)58(77)71-30-43(73)27-47(71)57(76)64-36(4)39-13-15-40(16-14-39)54-37(5)63-33-80-54/h9-16,25-26,28,33,35-36,38,43,47,55,72-73H,1,17-24,27,29-32H2,2-8H3,(H,64,76)(H,65,74)/t35-,36+,43-,47+,55-/m1/s1. The summed E-state index contributed by atoms with van der Waals surface area (Å²) in [4.78, 5) is 76.3. The fraction of sp³-hybridized carbons (Fsp3) is 0.450. The summed E-state index contributed by atoms with van der Waals surface area (Å²) in [5, 5.41) is 29.4. The van der Waals surface area contributed by atoms with Crippen molar-refractivity contribution >= 4 is 74.1 Å². The van der Waals surface area contributed by atoms with Gasteiger partial charge in [-0.2, -0.15) is 9.97 Å². The van der Waals surface area contributed by atoms with Crippen LogP contribution in [0.25, 0.3) is 43.2 Å². The number of amides is 4. The molecule has 17 nitrogen and oxygen atoms in total. The number of aromatic hydroxyl groups is 1. The molecule has 424 valence electrons. The molecule has 5 heterocycles. The largest absolute Gasteiger partial charge is 0.508 e. The molecule has 6 aromatic rings. The minimum Gasteiger partial charge on any atom is -0.508 e. The van der Waals surface area contributed by atoms with E-state index >= 15 is 4.39 Å². The third-order valence-corrected chi connectivity index (χ3v) is 16.8. The van der Waals surface area contributed by atoms with Crippen molar-refractivity contribution in [2.45, 2.75) is 98.1 Å². The van der Waals surface area contributed by atoms with Gasteiger partial charge in [0.25, 0.3) is 0 Å². The number of nitrogens with one attached hydrogen (secondary N) is 2. The number of nitrogens with zero attached hydrogens (tertiary/aromatic N) is 7. The van der Waals surface area contributed by atoms with E-state index in [4.69, 9.17) is 26.1 Å². The minimum atomic E-state index is -0.992. The number of phenols is 1. The molecule has 4 N–H and O–H groups in total. The van der Waals surface area contributed by atoms with Crippen molar-refractivity contribution in [2.24, 2.45) is 11.3 Å². The molecule has 4 amide bonds.